The van der Waals surface area contributed by atoms with E-state index < -0.39 is 0 Å². The standard InChI is InChI=1S/C24H32N2O3/c1-19-3-5-21(6-4-19)18-26(22-11-13-25(14-12-22)15-16-27)24(28)17-20-7-9-23(29-2)10-8-20/h3-10,22,27H,11-18H2,1-2H3. The first kappa shape index (κ1) is 21.3. The molecular weight excluding hydrogens is 364 g/mol. The fourth-order valence-corrected chi connectivity index (χ4v) is 3.93. The smallest absolute Gasteiger partial charge is 0.227 e. The van der Waals surface area contributed by atoms with Crippen LogP contribution in [0.25, 0.3) is 0 Å². The van der Waals surface area contributed by atoms with Crippen LogP contribution in [0.15, 0.2) is 48.5 Å². The predicted molar refractivity (Wildman–Crippen MR) is 115 cm³/mol. The zero-order valence-electron chi connectivity index (χ0n) is 17.5. The number of ether oxygens (including phenoxy) is 1. The van der Waals surface area contributed by atoms with Gasteiger partial charge in [-0.3, -0.25) is 4.79 Å². The number of benzene rings is 2. The molecule has 1 amide bonds. The monoisotopic (exact) mass is 396 g/mol. The summed E-state index contributed by atoms with van der Waals surface area (Å²) in [5.74, 6) is 0.963. The number of methoxy groups -OCH3 is 1. The fraction of sp³-hybridized carbons (Fsp3) is 0.458. The average molecular weight is 397 g/mol. The van der Waals surface area contributed by atoms with Crippen molar-refractivity contribution < 1.29 is 14.6 Å². The van der Waals surface area contributed by atoms with E-state index in [1.807, 2.05) is 24.3 Å². The number of aliphatic hydroxyl groups excluding tert-OH is 1. The van der Waals surface area contributed by atoms with Gasteiger partial charge in [0.2, 0.25) is 5.91 Å². The van der Waals surface area contributed by atoms with E-state index in [4.69, 9.17) is 4.74 Å². The van der Waals surface area contributed by atoms with Crippen molar-refractivity contribution in [2.24, 2.45) is 0 Å². The van der Waals surface area contributed by atoms with Crippen molar-refractivity contribution in [2.45, 2.75) is 38.8 Å². The normalized spacial score (nSPS) is 15.3. The van der Waals surface area contributed by atoms with E-state index in [2.05, 4.69) is 41.0 Å². The van der Waals surface area contributed by atoms with Crippen molar-refractivity contribution in [3.05, 3.63) is 65.2 Å². The molecule has 0 bridgehead atoms. The van der Waals surface area contributed by atoms with Gasteiger partial charge >= 0.3 is 0 Å². The average Bonchev–Trinajstić information content (AvgIpc) is 2.75. The van der Waals surface area contributed by atoms with Crippen LogP contribution in [0.5, 0.6) is 5.75 Å². The maximum Gasteiger partial charge on any atom is 0.227 e. The Kier molecular flexibility index (Phi) is 7.67. The molecule has 5 nitrogen and oxygen atoms in total. The molecule has 5 heteroatoms. The third-order valence-corrected chi connectivity index (χ3v) is 5.72. The van der Waals surface area contributed by atoms with Crippen molar-refractivity contribution in [2.75, 3.05) is 33.4 Å². The summed E-state index contributed by atoms with van der Waals surface area (Å²) in [6.45, 7) is 5.46. The Hall–Kier alpha value is -2.37. The molecule has 2 aromatic rings. The molecule has 0 spiro atoms. The van der Waals surface area contributed by atoms with Gasteiger partial charge in [0.1, 0.15) is 5.75 Å². The zero-order chi connectivity index (χ0) is 20.6. The molecule has 1 saturated heterocycles. The molecule has 2 aromatic carbocycles. The molecule has 29 heavy (non-hydrogen) atoms. The van der Waals surface area contributed by atoms with Gasteiger partial charge in [-0.05, 0) is 43.0 Å². The highest BCUT2D eigenvalue weighted by Gasteiger charge is 2.28. The highest BCUT2D eigenvalue weighted by atomic mass is 16.5. The topological polar surface area (TPSA) is 53.0 Å². The van der Waals surface area contributed by atoms with E-state index in [9.17, 15) is 9.90 Å². The van der Waals surface area contributed by atoms with E-state index in [1.54, 1.807) is 7.11 Å². The number of carbonyl (C=O) groups excluding carboxylic acids is 1. The molecule has 156 valence electrons. The van der Waals surface area contributed by atoms with Gasteiger partial charge in [0.15, 0.2) is 0 Å². The van der Waals surface area contributed by atoms with Gasteiger partial charge < -0.3 is 19.6 Å². The number of nitrogens with zero attached hydrogens (tertiary/aromatic N) is 2. The number of hydrogen-bond donors (Lipinski definition) is 1. The third-order valence-electron chi connectivity index (χ3n) is 5.72. The molecule has 1 aliphatic rings. The highest BCUT2D eigenvalue weighted by Crippen LogP contribution is 2.21. The first-order chi connectivity index (χ1) is 14.1. The summed E-state index contributed by atoms with van der Waals surface area (Å²) < 4.78 is 5.22. The number of β-amino-alcohol motifs (C(OH)–C–C–N with tert-alkyl or cyclic N) is 1. The minimum atomic E-state index is 0.163. The largest absolute Gasteiger partial charge is 0.497 e. The minimum absolute atomic E-state index is 0.163. The number of likely N-dealkylation sites (tertiary alicyclic amines) is 1. The molecule has 3 rings (SSSR count). The van der Waals surface area contributed by atoms with Crippen LogP contribution in [0.3, 0.4) is 0 Å². The third kappa shape index (κ3) is 6.05. The quantitative estimate of drug-likeness (QED) is 0.745. The SMILES string of the molecule is COc1ccc(CC(=O)N(Cc2ccc(C)cc2)C2CCN(CCO)CC2)cc1. The van der Waals surface area contributed by atoms with Gasteiger partial charge in [-0.25, -0.2) is 0 Å². The molecule has 0 aliphatic carbocycles. The van der Waals surface area contributed by atoms with Crippen molar-refractivity contribution >= 4 is 5.91 Å². The van der Waals surface area contributed by atoms with Gasteiger partial charge in [0.25, 0.3) is 0 Å². The predicted octanol–water partition coefficient (Wildman–Crippen LogP) is 3.03. The summed E-state index contributed by atoms with van der Waals surface area (Å²) >= 11 is 0. The van der Waals surface area contributed by atoms with Crippen LogP contribution < -0.4 is 4.74 Å². The fourth-order valence-electron chi connectivity index (χ4n) is 3.93. The van der Waals surface area contributed by atoms with Crippen LogP contribution in [0.2, 0.25) is 0 Å². The summed E-state index contributed by atoms with van der Waals surface area (Å²) in [5.41, 5.74) is 3.39. The number of amides is 1. The van der Waals surface area contributed by atoms with E-state index in [-0.39, 0.29) is 18.6 Å². The molecule has 1 aliphatic heterocycles. The first-order valence-electron chi connectivity index (χ1n) is 10.4. The van der Waals surface area contributed by atoms with Gasteiger partial charge in [0.05, 0.1) is 20.1 Å². The minimum Gasteiger partial charge on any atom is -0.497 e. The molecule has 0 aromatic heterocycles. The second kappa shape index (κ2) is 10.4. The van der Waals surface area contributed by atoms with Crippen LogP contribution in [0.4, 0.5) is 0 Å². The lowest BCUT2D eigenvalue weighted by Crippen LogP contribution is -2.48. The zero-order valence-corrected chi connectivity index (χ0v) is 17.5. The molecule has 0 unspecified atom stereocenters. The van der Waals surface area contributed by atoms with Crippen LogP contribution in [-0.2, 0) is 17.8 Å². The molecule has 0 atom stereocenters. The number of rotatable bonds is 8. The van der Waals surface area contributed by atoms with Gasteiger partial charge in [-0.2, -0.15) is 0 Å². The Morgan fingerprint density at radius 2 is 1.69 bits per heavy atom. The lowest BCUT2D eigenvalue weighted by molar-refractivity contribution is -0.134. The lowest BCUT2D eigenvalue weighted by atomic mass is 10.0. The van der Waals surface area contributed by atoms with Crippen molar-refractivity contribution in [3.63, 3.8) is 0 Å². The molecular formula is C24H32N2O3. The maximum absolute atomic E-state index is 13.3. The van der Waals surface area contributed by atoms with Crippen LogP contribution in [-0.4, -0.2) is 60.2 Å². The summed E-state index contributed by atoms with van der Waals surface area (Å²) in [7, 11) is 1.65. The Morgan fingerprint density at radius 1 is 1.07 bits per heavy atom. The summed E-state index contributed by atoms with van der Waals surface area (Å²) in [5, 5.41) is 9.19. The second-order valence-electron chi connectivity index (χ2n) is 7.83. The van der Waals surface area contributed by atoms with E-state index in [0.717, 1.165) is 42.8 Å². The lowest BCUT2D eigenvalue weighted by Gasteiger charge is -2.38. The van der Waals surface area contributed by atoms with Crippen LogP contribution in [0, 0.1) is 6.92 Å². The van der Waals surface area contributed by atoms with Crippen LogP contribution >= 0.6 is 0 Å². The first-order valence-corrected chi connectivity index (χ1v) is 10.4. The number of hydrogen-bond acceptors (Lipinski definition) is 4. The molecule has 1 fully saturated rings. The molecule has 1 N–H and O–H groups in total. The van der Waals surface area contributed by atoms with Crippen molar-refractivity contribution in [1.29, 1.82) is 0 Å². The Labute approximate surface area is 173 Å². The Bertz CT molecular complexity index is 766. The van der Waals surface area contributed by atoms with Gasteiger partial charge in [-0.15, -0.1) is 0 Å². The summed E-state index contributed by atoms with van der Waals surface area (Å²) in [6.07, 6.45) is 2.28. The molecule has 0 radical (unpaired) electrons. The van der Waals surface area contributed by atoms with Gasteiger partial charge in [-0.1, -0.05) is 42.0 Å². The Balaban J connectivity index is 1.72. The molecule has 0 saturated carbocycles. The molecule has 1 heterocycles. The van der Waals surface area contributed by atoms with E-state index >= 15 is 0 Å². The highest BCUT2D eigenvalue weighted by molar-refractivity contribution is 5.79. The number of aliphatic hydroxyl groups is 1. The van der Waals surface area contributed by atoms with Gasteiger partial charge in [0, 0.05) is 32.2 Å². The van der Waals surface area contributed by atoms with Crippen LogP contribution in [0.1, 0.15) is 29.5 Å². The van der Waals surface area contributed by atoms with Crippen molar-refractivity contribution in [3.8, 4) is 5.75 Å². The second-order valence-corrected chi connectivity index (χ2v) is 7.83. The Morgan fingerprint density at radius 3 is 2.28 bits per heavy atom. The van der Waals surface area contributed by atoms with E-state index in [1.165, 1.54) is 5.56 Å². The maximum atomic E-state index is 13.3. The van der Waals surface area contributed by atoms with Crippen molar-refractivity contribution in [1.82, 2.24) is 9.80 Å². The number of carbonyl (C=O) groups is 1. The van der Waals surface area contributed by atoms with E-state index in [0.29, 0.717) is 19.5 Å². The number of aryl methyl sites for hydroxylation is 1. The number of piperidine rings is 1. The summed E-state index contributed by atoms with van der Waals surface area (Å²) in [6, 6.07) is 16.4. The summed E-state index contributed by atoms with van der Waals surface area (Å²) in [4.78, 5) is 17.6.